The first-order chi connectivity index (χ1) is 12.2. The lowest BCUT2D eigenvalue weighted by atomic mass is 10.1. The van der Waals surface area contributed by atoms with Crippen molar-refractivity contribution in [3.8, 4) is 0 Å². The number of pyridine rings is 1. The molecule has 1 aromatic carbocycles. The summed E-state index contributed by atoms with van der Waals surface area (Å²) in [7, 11) is 0. The molecule has 0 aliphatic rings. The summed E-state index contributed by atoms with van der Waals surface area (Å²) in [6.07, 6.45) is -0.236. The van der Waals surface area contributed by atoms with Gasteiger partial charge < -0.3 is 15.0 Å². The van der Waals surface area contributed by atoms with Crippen LogP contribution in [0.2, 0.25) is 0 Å². The zero-order valence-electron chi connectivity index (χ0n) is 14.4. The number of aromatic nitrogens is 1. The van der Waals surface area contributed by atoms with Crippen molar-refractivity contribution in [3.05, 3.63) is 50.3 Å². The second-order valence-corrected chi connectivity index (χ2v) is 6.32. The molecule has 0 bridgehead atoms. The molecule has 26 heavy (non-hydrogen) atoms. The van der Waals surface area contributed by atoms with Crippen molar-refractivity contribution >= 4 is 28.5 Å². The number of nitrogens with one attached hydrogen (secondary N) is 1. The number of carbonyl (C=O) groups is 2. The standard InChI is InChI=1S/C17H19N3O6/c1-10(2)9-19(6-5-16(22)23)17(24)13-8-15(21)18-14-4-3-11(20(25)26)7-12(13)14/h3-4,7-8,10H,5-6,9H2,1-2H3,(H,18,21)(H,22,23). The molecule has 2 rings (SSSR count). The van der Waals surface area contributed by atoms with Crippen molar-refractivity contribution in [2.75, 3.05) is 13.1 Å². The zero-order chi connectivity index (χ0) is 19.4. The number of H-pyrrole nitrogens is 1. The molecule has 1 amide bonds. The number of nitro benzene ring substituents is 1. The minimum absolute atomic E-state index is 0.0125. The summed E-state index contributed by atoms with van der Waals surface area (Å²) in [5, 5.41) is 20.2. The number of nitrogens with zero attached hydrogens (tertiary/aromatic N) is 2. The van der Waals surface area contributed by atoms with E-state index in [0.29, 0.717) is 12.1 Å². The van der Waals surface area contributed by atoms with Crippen LogP contribution in [0.1, 0.15) is 30.6 Å². The maximum atomic E-state index is 13.0. The van der Waals surface area contributed by atoms with E-state index in [0.717, 1.165) is 6.07 Å². The van der Waals surface area contributed by atoms with Crippen LogP contribution in [0.15, 0.2) is 29.1 Å². The normalized spacial score (nSPS) is 10.9. The monoisotopic (exact) mass is 361 g/mol. The number of aliphatic carboxylic acids is 1. The number of hydrogen-bond donors (Lipinski definition) is 2. The van der Waals surface area contributed by atoms with Crippen LogP contribution in [0, 0.1) is 16.0 Å². The van der Waals surface area contributed by atoms with E-state index in [9.17, 15) is 24.5 Å². The molecule has 0 saturated heterocycles. The van der Waals surface area contributed by atoms with Crippen LogP contribution in [-0.2, 0) is 4.79 Å². The second kappa shape index (κ2) is 7.77. The molecular formula is C17H19N3O6. The van der Waals surface area contributed by atoms with Crippen LogP contribution in [0.5, 0.6) is 0 Å². The van der Waals surface area contributed by atoms with Crippen molar-refractivity contribution in [1.82, 2.24) is 9.88 Å². The Morgan fingerprint density at radius 3 is 2.58 bits per heavy atom. The highest BCUT2D eigenvalue weighted by molar-refractivity contribution is 6.06. The molecule has 0 fully saturated rings. The van der Waals surface area contributed by atoms with Crippen molar-refractivity contribution in [2.24, 2.45) is 5.92 Å². The number of rotatable bonds is 7. The van der Waals surface area contributed by atoms with Crippen LogP contribution >= 0.6 is 0 Å². The van der Waals surface area contributed by atoms with Gasteiger partial charge in [0.05, 0.1) is 16.9 Å². The molecule has 0 saturated carbocycles. The summed E-state index contributed by atoms with van der Waals surface area (Å²) >= 11 is 0. The molecule has 2 aromatic rings. The molecule has 0 radical (unpaired) electrons. The number of non-ortho nitro benzene ring substituents is 1. The highest BCUT2D eigenvalue weighted by Crippen LogP contribution is 2.23. The van der Waals surface area contributed by atoms with Gasteiger partial charge in [0.15, 0.2) is 0 Å². The maximum Gasteiger partial charge on any atom is 0.305 e. The number of carboxylic acid groups (broad SMARTS) is 1. The average Bonchev–Trinajstić information content (AvgIpc) is 2.56. The molecule has 0 atom stereocenters. The Hall–Kier alpha value is -3.23. The van der Waals surface area contributed by atoms with E-state index in [-0.39, 0.29) is 35.5 Å². The summed E-state index contributed by atoms with van der Waals surface area (Å²) < 4.78 is 0. The predicted octanol–water partition coefficient (Wildman–Crippen LogP) is 2.01. The Morgan fingerprint density at radius 1 is 1.31 bits per heavy atom. The second-order valence-electron chi connectivity index (χ2n) is 6.32. The van der Waals surface area contributed by atoms with Crippen LogP contribution in [-0.4, -0.2) is 44.9 Å². The van der Waals surface area contributed by atoms with E-state index in [4.69, 9.17) is 5.11 Å². The number of benzene rings is 1. The van der Waals surface area contributed by atoms with Crippen LogP contribution in [0.25, 0.3) is 10.9 Å². The summed E-state index contributed by atoms with van der Waals surface area (Å²) in [5.41, 5.74) is -0.412. The number of fused-ring (bicyclic) bond motifs is 1. The third-order valence-electron chi connectivity index (χ3n) is 3.74. The van der Waals surface area contributed by atoms with Crippen LogP contribution in [0.3, 0.4) is 0 Å². The summed E-state index contributed by atoms with van der Waals surface area (Å²) in [6.45, 7) is 4.04. The van der Waals surface area contributed by atoms with Gasteiger partial charge >= 0.3 is 5.97 Å². The van der Waals surface area contributed by atoms with Gasteiger partial charge in [-0.3, -0.25) is 24.5 Å². The van der Waals surface area contributed by atoms with E-state index in [1.807, 2.05) is 13.8 Å². The number of hydrogen-bond acceptors (Lipinski definition) is 5. The molecule has 138 valence electrons. The molecule has 1 aromatic heterocycles. The van der Waals surface area contributed by atoms with E-state index < -0.39 is 22.4 Å². The van der Waals surface area contributed by atoms with Crippen molar-refractivity contribution in [2.45, 2.75) is 20.3 Å². The van der Waals surface area contributed by atoms with E-state index in [1.165, 1.54) is 23.1 Å². The molecule has 0 spiro atoms. The van der Waals surface area contributed by atoms with Crippen LogP contribution < -0.4 is 5.56 Å². The number of amides is 1. The fourth-order valence-electron chi connectivity index (χ4n) is 2.65. The van der Waals surface area contributed by atoms with E-state index in [2.05, 4.69) is 4.98 Å². The lowest BCUT2D eigenvalue weighted by Gasteiger charge is -2.24. The summed E-state index contributed by atoms with van der Waals surface area (Å²) in [6, 6.07) is 4.92. The van der Waals surface area contributed by atoms with Crippen molar-refractivity contribution in [3.63, 3.8) is 0 Å². The fourth-order valence-corrected chi connectivity index (χ4v) is 2.65. The molecule has 9 heteroatoms. The smallest absolute Gasteiger partial charge is 0.305 e. The van der Waals surface area contributed by atoms with Gasteiger partial charge in [0.1, 0.15) is 0 Å². The van der Waals surface area contributed by atoms with Gasteiger partial charge in [-0.25, -0.2) is 0 Å². The average molecular weight is 361 g/mol. The zero-order valence-corrected chi connectivity index (χ0v) is 14.4. The van der Waals surface area contributed by atoms with Gasteiger partial charge in [-0.1, -0.05) is 13.8 Å². The molecule has 0 unspecified atom stereocenters. The van der Waals surface area contributed by atoms with Gasteiger partial charge in [-0.15, -0.1) is 0 Å². The Kier molecular flexibility index (Phi) is 5.71. The number of nitro groups is 1. The van der Waals surface area contributed by atoms with Gasteiger partial charge in [-0.05, 0) is 12.0 Å². The van der Waals surface area contributed by atoms with Gasteiger partial charge in [0.2, 0.25) is 5.56 Å². The fraction of sp³-hybridized carbons (Fsp3) is 0.353. The van der Waals surface area contributed by atoms with Gasteiger partial charge in [-0.2, -0.15) is 0 Å². The molecule has 0 aliphatic carbocycles. The highest BCUT2D eigenvalue weighted by Gasteiger charge is 2.22. The van der Waals surface area contributed by atoms with E-state index in [1.54, 1.807) is 0 Å². The van der Waals surface area contributed by atoms with Crippen molar-refractivity contribution in [1.29, 1.82) is 0 Å². The first-order valence-electron chi connectivity index (χ1n) is 8.01. The van der Waals surface area contributed by atoms with Crippen LogP contribution in [0.4, 0.5) is 5.69 Å². The Morgan fingerprint density at radius 2 is 2.00 bits per heavy atom. The number of carboxylic acids is 1. The highest BCUT2D eigenvalue weighted by atomic mass is 16.6. The lowest BCUT2D eigenvalue weighted by Crippen LogP contribution is -2.36. The third-order valence-corrected chi connectivity index (χ3v) is 3.74. The van der Waals surface area contributed by atoms with Gasteiger partial charge in [0.25, 0.3) is 11.6 Å². The number of carbonyl (C=O) groups excluding carboxylic acids is 1. The van der Waals surface area contributed by atoms with Crippen molar-refractivity contribution < 1.29 is 19.6 Å². The molecular weight excluding hydrogens is 342 g/mol. The largest absolute Gasteiger partial charge is 0.481 e. The summed E-state index contributed by atoms with van der Waals surface area (Å²) in [5.74, 6) is -1.50. The lowest BCUT2D eigenvalue weighted by molar-refractivity contribution is -0.384. The topological polar surface area (TPSA) is 134 Å². The number of aromatic amines is 1. The molecule has 1 heterocycles. The Balaban J connectivity index is 2.54. The van der Waals surface area contributed by atoms with E-state index >= 15 is 0 Å². The first kappa shape index (κ1) is 19.1. The summed E-state index contributed by atoms with van der Waals surface area (Å²) in [4.78, 5) is 50.0. The predicted molar refractivity (Wildman–Crippen MR) is 94.2 cm³/mol. The maximum absolute atomic E-state index is 13.0. The minimum atomic E-state index is -1.04. The molecule has 9 nitrogen and oxygen atoms in total. The third kappa shape index (κ3) is 4.44. The Bertz CT molecular complexity index is 918. The van der Waals surface area contributed by atoms with Gasteiger partial charge in [0, 0.05) is 42.2 Å². The molecule has 2 N–H and O–H groups in total. The minimum Gasteiger partial charge on any atom is -0.481 e. The quantitative estimate of drug-likeness (QED) is 0.572. The SMILES string of the molecule is CC(C)CN(CCC(=O)O)C(=O)c1cc(=O)[nH]c2ccc([N+](=O)[O-])cc12. The first-order valence-corrected chi connectivity index (χ1v) is 8.01. The Labute approximate surface area is 148 Å². The molecule has 0 aliphatic heterocycles.